The van der Waals surface area contributed by atoms with Crippen molar-refractivity contribution in [2.45, 2.75) is 25.7 Å². The molecule has 1 aliphatic rings. The molecule has 0 saturated carbocycles. The Bertz CT molecular complexity index is 1040. The standard InChI is InChI=1S/C22H22IN3O3/c1-22(28-10-11-29-22)12-21(27)25-24-13-17-15-26(20-5-3-2-4-19(17)20)14-16-6-8-18(23)9-7-16/h2-9,13,15H,10-12,14H2,1H3,(H,25,27)/b24-13-. The fourth-order valence-electron chi connectivity index (χ4n) is 3.46. The third-order valence-corrected chi connectivity index (χ3v) is 5.58. The number of hydrogen-bond donors (Lipinski definition) is 1. The highest BCUT2D eigenvalue weighted by atomic mass is 127. The lowest BCUT2D eigenvalue weighted by molar-refractivity contribution is -0.159. The van der Waals surface area contributed by atoms with Gasteiger partial charge >= 0.3 is 0 Å². The van der Waals surface area contributed by atoms with Crippen LogP contribution in [0.5, 0.6) is 0 Å². The van der Waals surface area contributed by atoms with Gasteiger partial charge < -0.3 is 14.0 Å². The van der Waals surface area contributed by atoms with Gasteiger partial charge in [0.2, 0.25) is 5.91 Å². The Morgan fingerprint density at radius 2 is 1.93 bits per heavy atom. The van der Waals surface area contributed by atoms with Gasteiger partial charge in [-0.2, -0.15) is 5.10 Å². The van der Waals surface area contributed by atoms with Crippen LogP contribution in [0.2, 0.25) is 0 Å². The Morgan fingerprint density at radius 1 is 1.21 bits per heavy atom. The van der Waals surface area contributed by atoms with Crippen LogP contribution in [0, 0.1) is 3.57 Å². The number of carbonyl (C=O) groups excluding carboxylic acids is 1. The number of amides is 1. The second-order valence-electron chi connectivity index (χ2n) is 7.16. The van der Waals surface area contributed by atoms with E-state index in [1.807, 2.05) is 12.1 Å². The van der Waals surface area contributed by atoms with Crippen molar-refractivity contribution in [1.82, 2.24) is 9.99 Å². The summed E-state index contributed by atoms with van der Waals surface area (Å²) >= 11 is 2.31. The number of aromatic nitrogens is 1. The molecule has 0 unspecified atom stereocenters. The van der Waals surface area contributed by atoms with E-state index in [-0.39, 0.29) is 12.3 Å². The van der Waals surface area contributed by atoms with Crippen LogP contribution >= 0.6 is 22.6 Å². The first-order valence-electron chi connectivity index (χ1n) is 9.45. The Morgan fingerprint density at radius 3 is 2.69 bits per heavy atom. The van der Waals surface area contributed by atoms with E-state index in [9.17, 15) is 4.79 Å². The Balaban J connectivity index is 1.49. The lowest BCUT2D eigenvalue weighted by atomic mass is 10.2. The maximum Gasteiger partial charge on any atom is 0.245 e. The van der Waals surface area contributed by atoms with Gasteiger partial charge in [-0.05, 0) is 53.3 Å². The molecule has 1 aromatic heterocycles. The number of benzene rings is 2. The first kappa shape index (κ1) is 20.1. The molecule has 1 N–H and O–H groups in total. The molecular weight excluding hydrogens is 481 g/mol. The highest BCUT2D eigenvalue weighted by Crippen LogP contribution is 2.23. The van der Waals surface area contributed by atoms with Gasteiger partial charge in [0.05, 0.1) is 25.8 Å². The summed E-state index contributed by atoms with van der Waals surface area (Å²) in [5, 5.41) is 5.24. The number of carbonyl (C=O) groups is 1. The summed E-state index contributed by atoms with van der Waals surface area (Å²) in [7, 11) is 0. The van der Waals surface area contributed by atoms with Gasteiger partial charge in [0.15, 0.2) is 5.79 Å². The maximum atomic E-state index is 12.1. The minimum absolute atomic E-state index is 0.110. The molecule has 0 atom stereocenters. The van der Waals surface area contributed by atoms with Crippen LogP contribution < -0.4 is 5.43 Å². The van der Waals surface area contributed by atoms with Crippen LogP contribution in [0.4, 0.5) is 0 Å². The average Bonchev–Trinajstić information content (AvgIpc) is 3.28. The zero-order valence-electron chi connectivity index (χ0n) is 16.1. The molecule has 29 heavy (non-hydrogen) atoms. The van der Waals surface area contributed by atoms with Crippen molar-refractivity contribution in [1.29, 1.82) is 0 Å². The second-order valence-corrected chi connectivity index (χ2v) is 8.40. The summed E-state index contributed by atoms with van der Waals surface area (Å²) in [6, 6.07) is 16.7. The number of nitrogens with one attached hydrogen (secondary N) is 1. The number of hydrazone groups is 1. The predicted octanol–water partition coefficient (Wildman–Crippen LogP) is 3.90. The van der Waals surface area contributed by atoms with Crippen molar-refractivity contribution >= 4 is 45.6 Å². The van der Waals surface area contributed by atoms with Gasteiger partial charge in [0.1, 0.15) is 0 Å². The minimum atomic E-state index is -0.858. The normalized spacial score (nSPS) is 15.9. The summed E-state index contributed by atoms with van der Waals surface area (Å²) in [5.41, 5.74) is 5.88. The second kappa shape index (κ2) is 8.64. The van der Waals surface area contributed by atoms with Crippen LogP contribution in [0.15, 0.2) is 59.8 Å². The summed E-state index contributed by atoms with van der Waals surface area (Å²) in [5.74, 6) is -1.10. The Labute approximate surface area is 183 Å². The van der Waals surface area contributed by atoms with Gasteiger partial charge in [0, 0.05) is 32.8 Å². The Hall–Kier alpha value is -2.23. The highest BCUT2D eigenvalue weighted by Gasteiger charge is 2.33. The fraction of sp³-hybridized carbons (Fsp3) is 0.273. The minimum Gasteiger partial charge on any atom is -0.347 e. The molecule has 3 aromatic rings. The van der Waals surface area contributed by atoms with Crippen LogP contribution in [0.25, 0.3) is 10.9 Å². The SMILES string of the molecule is CC1(CC(=O)N/N=C\c2cn(Cc3ccc(I)cc3)c3ccccc23)OCCO1. The van der Waals surface area contributed by atoms with Gasteiger partial charge in [-0.25, -0.2) is 5.43 Å². The molecule has 7 heteroatoms. The van der Waals surface area contributed by atoms with Gasteiger partial charge in [-0.15, -0.1) is 0 Å². The zero-order valence-corrected chi connectivity index (χ0v) is 18.3. The number of halogens is 1. The number of hydrogen-bond acceptors (Lipinski definition) is 4. The number of rotatable bonds is 6. The number of fused-ring (bicyclic) bond motifs is 1. The van der Waals surface area contributed by atoms with Crippen molar-refractivity contribution < 1.29 is 14.3 Å². The van der Waals surface area contributed by atoms with Gasteiger partial charge in [0.25, 0.3) is 0 Å². The van der Waals surface area contributed by atoms with Crippen LogP contribution in [-0.4, -0.2) is 35.7 Å². The highest BCUT2D eigenvalue weighted by molar-refractivity contribution is 14.1. The number of para-hydroxylation sites is 1. The molecule has 6 nitrogen and oxygen atoms in total. The van der Waals surface area contributed by atoms with E-state index in [1.165, 1.54) is 9.13 Å². The predicted molar refractivity (Wildman–Crippen MR) is 121 cm³/mol. The molecule has 1 amide bonds. The molecule has 0 radical (unpaired) electrons. The monoisotopic (exact) mass is 503 g/mol. The Kier molecular flexibility index (Phi) is 5.98. The van der Waals surface area contributed by atoms with Crippen molar-refractivity contribution in [2.75, 3.05) is 13.2 Å². The lowest BCUT2D eigenvalue weighted by Gasteiger charge is -2.20. The van der Waals surface area contributed by atoms with E-state index in [2.05, 4.69) is 80.3 Å². The number of nitrogens with zero attached hydrogens (tertiary/aromatic N) is 2. The van der Waals surface area contributed by atoms with E-state index in [0.717, 1.165) is 23.0 Å². The summed E-state index contributed by atoms with van der Waals surface area (Å²) < 4.78 is 14.3. The summed E-state index contributed by atoms with van der Waals surface area (Å²) in [6.07, 6.45) is 3.85. The molecule has 1 saturated heterocycles. The molecule has 150 valence electrons. The smallest absolute Gasteiger partial charge is 0.245 e. The van der Waals surface area contributed by atoms with Crippen molar-refractivity contribution in [3.05, 3.63) is 69.4 Å². The van der Waals surface area contributed by atoms with Crippen molar-refractivity contribution in [2.24, 2.45) is 5.10 Å². The van der Waals surface area contributed by atoms with E-state index in [1.54, 1.807) is 13.1 Å². The summed E-state index contributed by atoms with van der Waals surface area (Å²) in [4.78, 5) is 12.1. The molecule has 1 fully saturated rings. The van der Waals surface area contributed by atoms with Gasteiger partial charge in [-0.3, -0.25) is 4.79 Å². The van der Waals surface area contributed by atoms with Crippen LogP contribution in [0.1, 0.15) is 24.5 Å². The quantitative estimate of drug-likeness (QED) is 0.316. The van der Waals surface area contributed by atoms with Crippen molar-refractivity contribution in [3.63, 3.8) is 0 Å². The van der Waals surface area contributed by atoms with Crippen LogP contribution in [-0.2, 0) is 20.8 Å². The van der Waals surface area contributed by atoms with E-state index < -0.39 is 5.79 Å². The van der Waals surface area contributed by atoms with E-state index in [0.29, 0.717) is 13.2 Å². The topological polar surface area (TPSA) is 64.9 Å². The van der Waals surface area contributed by atoms with Gasteiger partial charge in [-0.1, -0.05) is 30.3 Å². The maximum absolute atomic E-state index is 12.1. The van der Waals surface area contributed by atoms with Crippen LogP contribution in [0.3, 0.4) is 0 Å². The zero-order chi connectivity index (χ0) is 20.3. The average molecular weight is 503 g/mol. The first-order chi connectivity index (χ1) is 14.0. The largest absolute Gasteiger partial charge is 0.347 e. The molecule has 2 heterocycles. The molecule has 2 aromatic carbocycles. The molecule has 1 aliphatic heterocycles. The van der Waals surface area contributed by atoms with E-state index in [4.69, 9.17) is 9.47 Å². The molecule has 0 spiro atoms. The number of ether oxygens (including phenoxy) is 2. The van der Waals surface area contributed by atoms with E-state index >= 15 is 0 Å². The fourth-order valence-corrected chi connectivity index (χ4v) is 3.82. The first-order valence-corrected chi connectivity index (χ1v) is 10.5. The summed E-state index contributed by atoms with van der Waals surface area (Å²) in [6.45, 7) is 3.55. The third-order valence-electron chi connectivity index (χ3n) is 4.86. The molecular formula is C22H22IN3O3. The molecule has 4 rings (SSSR count). The van der Waals surface area contributed by atoms with Crippen molar-refractivity contribution in [3.8, 4) is 0 Å². The molecule has 0 aliphatic carbocycles. The molecule has 0 bridgehead atoms. The third kappa shape index (κ3) is 4.85. The lowest BCUT2D eigenvalue weighted by Crippen LogP contribution is -2.33.